The molecule has 5 heteroatoms. The number of hydrogen-bond donors (Lipinski definition) is 1. The molecule has 1 aliphatic heterocycles. The molecule has 1 N–H and O–H groups in total. The second-order valence-corrected chi connectivity index (χ2v) is 5.70. The number of ether oxygens (including phenoxy) is 1. The molecule has 0 bridgehead atoms. The molecule has 0 radical (unpaired) electrons. The molecule has 1 heterocycles. The molecule has 1 aromatic carbocycles. The van der Waals surface area contributed by atoms with Gasteiger partial charge in [-0.15, -0.1) is 12.4 Å². The number of piperidine rings is 1. The van der Waals surface area contributed by atoms with Crippen LogP contribution in [-0.2, 0) is 0 Å². The normalized spacial score (nSPS) is 16.1. The quantitative estimate of drug-likeness (QED) is 0.870. The minimum absolute atomic E-state index is 0. The lowest BCUT2D eigenvalue weighted by molar-refractivity contribution is 0.251. The molecular weight excluding hydrogens is 337 g/mol. The van der Waals surface area contributed by atoms with Gasteiger partial charge in [-0.1, -0.05) is 11.6 Å². The molecule has 1 saturated heterocycles. The van der Waals surface area contributed by atoms with E-state index in [4.69, 9.17) is 16.3 Å². The van der Waals surface area contributed by atoms with Crippen LogP contribution in [0.3, 0.4) is 0 Å². The third kappa shape index (κ3) is 4.96. The van der Waals surface area contributed by atoms with E-state index in [9.17, 15) is 0 Å². The third-order valence-corrected chi connectivity index (χ3v) is 3.99. The molecule has 2 rings (SSSR count). The van der Waals surface area contributed by atoms with Crippen molar-refractivity contribution in [2.45, 2.75) is 19.3 Å². The highest BCUT2D eigenvalue weighted by atomic mass is 79.9. The van der Waals surface area contributed by atoms with Crippen molar-refractivity contribution in [2.24, 2.45) is 5.92 Å². The molecule has 0 aromatic heterocycles. The molecule has 2 nitrogen and oxygen atoms in total. The van der Waals surface area contributed by atoms with Crippen LogP contribution in [0.1, 0.15) is 19.3 Å². The number of benzene rings is 1. The van der Waals surface area contributed by atoms with E-state index in [0.717, 1.165) is 47.3 Å². The van der Waals surface area contributed by atoms with Gasteiger partial charge in [-0.25, -0.2) is 0 Å². The van der Waals surface area contributed by atoms with E-state index in [0.29, 0.717) is 0 Å². The molecule has 1 fully saturated rings. The van der Waals surface area contributed by atoms with Crippen LogP contribution in [-0.4, -0.2) is 19.7 Å². The molecular formula is C13H18BrCl2NO. The van der Waals surface area contributed by atoms with E-state index in [1.165, 1.54) is 12.8 Å². The Morgan fingerprint density at radius 1 is 1.33 bits per heavy atom. The molecule has 1 aliphatic rings. The summed E-state index contributed by atoms with van der Waals surface area (Å²) in [5.41, 5.74) is 0. The van der Waals surface area contributed by atoms with Crippen molar-refractivity contribution in [2.75, 3.05) is 19.7 Å². The van der Waals surface area contributed by atoms with Gasteiger partial charge in [0.25, 0.3) is 0 Å². The summed E-state index contributed by atoms with van der Waals surface area (Å²) in [6.07, 6.45) is 3.67. The second kappa shape index (κ2) is 8.26. The Morgan fingerprint density at radius 2 is 2.06 bits per heavy atom. The third-order valence-electron chi connectivity index (χ3n) is 3.14. The maximum atomic E-state index is 5.88. The zero-order valence-corrected chi connectivity index (χ0v) is 13.3. The minimum atomic E-state index is 0. The van der Waals surface area contributed by atoms with Crippen LogP contribution >= 0.6 is 39.9 Å². The van der Waals surface area contributed by atoms with Gasteiger partial charge in [0, 0.05) is 5.02 Å². The lowest BCUT2D eigenvalue weighted by Gasteiger charge is -2.22. The highest BCUT2D eigenvalue weighted by Crippen LogP contribution is 2.28. The monoisotopic (exact) mass is 353 g/mol. The fourth-order valence-electron chi connectivity index (χ4n) is 2.10. The molecule has 0 saturated carbocycles. The Hall–Kier alpha value is 0.0400. The Bertz CT molecular complexity index is 370. The average Bonchev–Trinajstić information content (AvgIpc) is 2.33. The summed E-state index contributed by atoms with van der Waals surface area (Å²) in [4.78, 5) is 0. The van der Waals surface area contributed by atoms with Crippen LogP contribution in [0.2, 0.25) is 5.02 Å². The summed E-state index contributed by atoms with van der Waals surface area (Å²) in [6, 6.07) is 5.63. The second-order valence-electron chi connectivity index (χ2n) is 4.41. The van der Waals surface area contributed by atoms with Crippen LogP contribution < -0.4 is 10.1 Å². The summed E-state index contributed by atoms with van der Waals surface area (Å²) in [5.74, 6) is 1.69. The first-order valence-electron chi connectivity index (χ1n) is 6.04. The van der Waals surface area contributed by atoms with E-state index in [1.807, 2.05) is 18.2 Å². The van der Waals surface area contributed by atoms with Crippen molar-refractivity contribution in [3.63, 3.8) is 0 Å². The number of rotatable bonds is 4. The van der Waals surface area contributed by atoms with Crippen LogP contribution in [0.5, 0.6) is 5.75 Å². The predicted octanol–water partition coefficient (Wildman–Crippen LogP) is 4.29. The topological polar surface area (TPSA) is 21.3 Å². The first kappa shape index (κ1) is 16.1. The largest absolute Gasteiger partial charge is 0.492 e. The Balaban J connectivity index is 0.00000162. The molecule has 18 heavy (non-hydrogen) atoms. The highest BCUT2D eigenvalue weighted by molar-refractivity contribution is 9.10. The number of hydrogen-bond acceptors (Lipinski definition) is 2. The highest BCUT2D eigenvalue weighted by Gasteiger charge is 2.13. The van der Waals surface area contributed by atoms with Crippen LogP contribution in [0.4, 0.5) is 0 Å². The van der Waals surface area contributed by atoms with E-state index >= 15 is 0 Å². The van der Waals surface area contributed by atoms with Crippen molar-refractivity contribution in [3.05, 3.63) is 27.7 Å². The van der Waals surface area contributed by atoms with Crippen molar-refractivity contribution in [1.29, 1.82) is 0 Å². The molecule has 0 atom stereocenters. The van der Waals surface area contributed by atoms with Gasteiger partial charge < -0.3 is 10.1 Å². The van der Waals surface area contributed by atoms with Crippen LogP contribution in [0.15, 0.2) is 22.7 Å². The zero-order chi connectivity index (χ0) is 12.1. The predicted molar refractivity (Wildman–Crippen MR) is 82.1 cm³/mol. The first-order valence-corrected chi connectivity index (χ1v) is 7.21. The van der Waals surface area contributed by atoms with Crippen LogP contribution in [0.25, 0.3) is 0 Å². The molecule has 0 amide bonds. The summed E-state index contributed by atoms with van der Waals surface area (Å²) in [5, 5.41) is 4.10. The first-order chi connectivity index (χ1) is 8.25. The average molecular weight is 355 g/mol. The van der Waals surface area contributed by atoms with Crippen molar-refractivity contribution < 1.29 is 4.74 Å². The van der Waals surface area contributed by atoms with Crippen LogP contribution in [0, 0.1) is 5.92 Å². The van der Waals surface area contributed by atoms with Gasteiger partial charge in [0.2, 0.25) is 0 Å². The van der Waals surface area contributed by atoms with Gasteiger partial charge in [-0.2, -0.15) is 0 Å². The van der Waals surface area contributed by atoms with Gasteiger partial charge in [-0.3, -0.25) is 0 Å². The molecule has 0 aliphatic carbocycles. The van der Waals surface area contributed by atoms with Gasteiger partial charge in [0.15, 0.2) is 0 Å². The minimum Gasteiger partial charge on any atom is -0.492 e. The molecule has 0 unspecified atom stereocenters. The lowest BCUT2D eigenvalue weighted by Crippen LogP contribution is -2.28. The van der Waals surface area contributed by atoms with E-state index in [2.05, 4.69) is 21.2 Å². The van der Waals surface area contributed by atoms with Gasteiger partial charge in [-0.05, 0) is 72.4 Å². The fourth-order valence-corrected chi connectivity index (χ4v) is 2.90. The van der Waals surface area contributed by atoms with Gasteiger partial charge in [0.05, 0.1) is 11.1 Å². The van der Waals surface area contributed by atoms with E-state index in [-0.39, 0.29) is 12.4 Å². The fraction of sp³-hybridized carbons (Fsp3) is 0.538. The van der Waals surface area contributed by atoms with Gasteiger partial charge >= 0.3 is 0 Å². The maximum Gasteiger partial charge on any atom is 0.133 e. The maximum absolute atomic E-state index is 5.88. The van der Waals surface area contributed by atoms with Gasteiger partial charge in [0.1, 0.15) is 5.75 Å². The Morgan fingerprint density at radius 3 is 2.72 bits per heavy atom. The standard InChI is InChI=1S/C13H17BrClNO.ClH/c14-12-9-11(15)1-2-13(12)17-8-5-10-3-6-16-7-4-10;/h1-2,9-10,16H,3-8H2;1H. The van der Waals surface area contributed by atoms with Crippen molar-refractivity contribution in [3.8, 4) is 5.75 Å². The number of nitrogens with one attached hydrogen (secondary N) is 1. The summed E-state index contributed by atoms with van der Waals surface area (Å²) in [6.45, 7) is 3.08. The lowest BCUT2D eigenvalue weighted by atomic mass is 9.95. The number of halogens is 3. The van der Waals surface area contributed by atoms with Crippen molar-refractivity contribution in [1.82, 2.24) is 5.32 Å². The smallest absolute Gasteiger partial charge is 0.133 e. The van der Waals surface area contributed by atoms with Crippen molar-refractivity contribution >= 4 is 39.9 Å². The Labute approximate surface area is 128 Å². The molecule has 0 spiro atoms. The Kier molecular flexibility index (Phi) is 7.38. The summed E-state index contributed by atoms with van der Waals surface area (Å²) in [7, 11) is 0. The molecule has 1 aromatic rings. The summed E-state index contributed by atoms with van der Waals surface area (Å²) < 4.78 is 6.69. The SMILES string of the molecule is Cl.Clc1ccc(OCCC2CCNCC2)c(Br)c1. The molecule has 102 valence electrons. The van der Waals surface area contributed by atoms with E-state index in [1.54, 1.807) is 0 Å². The van der Waals surface area contributed by atoms with E-state index < -0.39 is 0 Å². The zero-order valence-electron chi connectivity index (χ0n) is 10.1. The summed E-state index contributed by atoms with van der Waals surface area (Å²) >= 11 is 9.33.